The van der Waals surface area contributed by atoms with Crippen LogP contribution in [0.3, 0.4) is 0 Å². The standard InChI is InChI=1S/C16H16N2O5S.C6H15N/c1-8(20)17-13-10(7-19)12(16(22)23)18-14(21)11(15(18)24-13)9-5-3-2-4-6-9;1-4-7(5-2)6-3/h2-6,11,13,15,19H,7H2,1H3,(H,17,20)(H,22,23);4-6H2,1-3H3/t11?,13?,15-;/m1./s1. The number of benzene rings is 1. The SMILES string of the molecule is CC(=O)NC1S[C@@H]2C(c3ccccc3)C(=O)N2C(C(=O)O)=C1CO.CCN(CC)CC. The minimum absolute atomic E-state index is 0.124. The highest BCUT2D eigenvalue weighted by atomic mass is 32.2. The molecule has 0 saturated carbocycles. The molecular weight excluding hydrogens is 418 g/mol. The maximum absolute atomic E-state index is 12.5. The normalized spacial score (nSPS) is 22.3. The Morgan fingerprint density at radius 1 is 1.13 bits per heavy atom. The van der Waals surface area contributed by atoms with Gasteiger partial charge in [-0.3, -0.25) is 14.5 Å². The minimum Gasteiger partial charge on any atom is -0.477 e. The van der Waals surface area contributed by atoms with Gasteiger partial charge in [-0.1, -0.05) is 51.1 Å². The number of hydrogen-bond donors (Lipinski definition) is 3. The first-order chi connectivity index (χ1) is 14.8. The predicted octanol–water partition coefficient (Wildman–Crippen LogP) is 1.83. The van der Waals surface area contributed by atoms with Crippen LogP contribution in [0.1, 0.15) is 39.2 Å². The van der Waals surface area contributed by atoms with Crippen molar-refractivity contribution in [2.45, 2.75) is 44.4 Å². The Labute approximate surface area is 187 Å². The van der Waals surface area contributed by atoms with Crippen molar-refractivity contribution >= 4 is 29.5 Å². The highest BCUT2D eigenvalue weighted by Gasteiger charge is 2.56. The number of thioether (sulfide) groups is 1. The molecule has 0 radical (unpaired) electrons. The summed E-state index contributed by atoms with van der Waals surface area (Å²) < 4.78 is 0. The van der Waals surface area contributed by atoms with Crippen LogP contribution in [-0.2, 0) is 14.4 Å². The summed E-state index contributed by atoms with van der Waals surface area (Å²) in [6, 6.07) is 9.11. The fourth-order valence-corrected chi connectivity index (χ4v) is 5.31. The molecule has 2 unspecified atom stereocenters. The van der Waals surface area contributed by atoms with E-state index in [9.17, 15) is 24.6 Å². The average Bonchev–Trinajstić information content (AvgIpc) is 2.75. The number of fused-ring (bicyclic) bond motifs is 1. The third kappa shape index (κ3) is 5.47. The molecular formula is C22H31N3O5S. The molecule has 2 aliphatic rings. The predicted molar refractivity (Wildman–Crippen MR) is 120 cm³/mol. The minimum atomic E-state index is -1.29. The van der Waals surface area contributed by atoms with Gasteiger partial charge in [0.2, 0.25) is 11.8 Å². The molecule has 2 heterocycles. The Balaban J connectivity index is 0.000000423. The van der Waals surface area contributed by atoms with Crippen molar-refractivity contribution in [3.05, 3.63) is 47.2 Å². The van der Waals surface area contributed by atoms with E-state index < -0.39 is 29.2 Å². The lowest BCUT2D eigenvalue weighted by Gasteiger charge is -2.51. The number of aliphatic carboxylic acids is 1. The second-order valence-corrected chi connectivity index (χ2v) is 8.39. The summed E-state index contributed by atoms with van der Waals surface area (Å²) in [5.74, 6) is -2.41. The number of hydrogen-bond acceptors (Lipinski definition) is 6. The topological polar surface area (TPSA) is 110 Å². The number of carboxylic acids is 1. The zero-order valence-corrected chi connectivity index (χ0v) is 19.2. The van der Waals surface area contributed by atoms with Gasteiger partial charge in [0.25, 0.3) is 0 Å². The van der Waals surface area contributed by atoms with Crippen LogP contribution in [0, 0.1) is 0 Å². The smallest absolute Gasteiger partial charge is 0.352 e. The highest BCUT2D eigenvalue weighted by molar-refractivity contribution is 8.00. The van der Waals surface area contributed by atoms with Gasteiger partial charge in [0.15, 0.2) is 0 Å². The van der Waals surface area contributed by atoms with Gasteiger partial charge in [-0.25, -0.2) is 4.79 Å². The number of aliphatic hydroxyl groups excluding tert-OH is 1. The molecule has 1 saturated heterocycles. The Morgan fingerprint density at radius 2 is 1.71 bits per heavy atom. The molecule has 8 nitrogen and oxygen atoms in total. The maximum Gasteiger partial charge on any atom is 0.352 e. The molecule has 3 rings (SSSR count). The Kier molecular flexibility index (Phi) is 9.09. The second kappa shape index (κ2) is 11.3. The van der Waals surface area contributed by atoms with Gasteiger partial charge >= 0.3 is 5.97 Å². The fraction of sp³-hybridized carbons (Fsp3) is 0.500. The summed E-state index contributed by atoms with van der Waals surface area (Å²) >= 11 is 1.26. The molecule has 3 atom stereocenters. The molecule has 1 aromatic carbocycles. The van der Waals surface area contributed by atoms with Crippen molar-refractivity contribution < 1.29 is 24.6 Å². The van der Waals surface area contributed by atoms with Crippen molar-refractivity contribution in [2.24, 2.45) is 0 Å². The summed E-state index contributed by atoms with van der Waals surface area (Å²) in [4.78, 5) is 39.2. The molecule has 31 heavy (non-hydrogen) atoms. The monoisotopic (exact) mass is 449 g/mol. The Bertz CT molecular complexity index is 820. The van der Waals surface area contributed by atoms with Crippen LogP contribution in [0.25, 0.3) is 0 Å². The van der Waals surface area contributed by atoms with E-state index in [1.54, 1.807) is 0 Å². The van der Waals surface area contributed by atoms with E-state index in [1.165, 1.54) is 43.2 Å². The highest BCUT2D eigenvalue weighted by Crippen LogP contribution is 2.50. The molecule has 1 fully saturated rings. The van der Waals surface area contributed by atoms with Crippen molar-refractivity contribution in [1.29, 1.82) is 0 Å². The third-order valence-electron chi connectivity index (χ3n) is 5.39. The Hall–Kier alpha value is -2.36. The number of carbonyl (C=O) groups is 3. The lowest BCUT2D eigenvalue weighted by molar-refractivity contribution is -0.148. The fourth-order valence-electron chi connectivity index (χ4n) is 3.68. The molecule has 2 aliphatic heterocycles. The van der Waals surface area contributed by atoms with Crippen LogP contribution in [0.2, 0.25) is 0 Å². The largest absolute Gasteiger partial charge is 0.477 e. The zero-order chi connectivity index (χ0) is 23.1. The summed E-state index contributed by atoms with van der Waals surface area (Å²) in [6.45, 7) is 10.9. The molecule has 0 spiro atoms. The molecule has 2 amide bonds. The number of β-lactam (4-membered cyclic amide) rings is 1. The van der Waals surface area contributed by atoms with Crippen LogP contribution < -0.4 is 5.32 Å². The van der Waals surface area contributed by atoms with Gasteiger partial charge in [-0.2, -0.15) is 0 Å². The summed E-state index contributed by atoms with van der Waals surface area (Å²) in [5, 5.41) is 20.6. The van der Waals surface area contributed by atoms with Crippen LogP contribution in [-0.4, -0.2) is 74.8 Å². The number of nitrogens with zero attached hydrogens (tertiary/aromatic N) is 2. The molecule has 0 aliphatic carbocycles. The van der Waals surface area contributed by atoms with Gasteiger partial charge in [0, 0.05) is 12.5 Å². The average molecular weight is 450 g/mol. The molecule has 170 valence electrons. The van der Waals surface area contributed by atoms with Crippen molar-refractivity contribution in [3.8, 4) is 0 Å². The number of nitrogens with one attached hydrogen (secondary N) is 1. The zero-order valence-electron chi connectivity index (χ0n) is 18.4. The van der Waals surface area contributed by atoms with Crippen LogP contribution in [0.4, 0.5) is 0 Å². The van der Waals surface area contributed by atoms with E-state index in [-0.39, 0.29) is 23.1 Å². The van der Waals surface area contributed by atoms with E-state index in [0.717, 1.165) is 5.56 Å². The quantitative estimate of drug-likeness (QED) is 0.545. The van der Waals surface area contributed by atoms with Crippen molar-refractivity contribution in [2.75, 3.05) is 26.2 Å². The van der Waals surface area contributed by atoms with Gasteiger partial charge in [0.1, 0.15) is 16.4 Å². The van der Waals surface area contributed by atoms with E-state index in [2.05, 4.69) is 31.0 Å². The molecule has 0 aromatic heterocycles. The number of amides is 2. The summed E-state index contributed by atoms with van der Waals surface area (Å²) in [6.07, 6.45) is 0. The van der Waals surface area contributed by atoms with E-state index in [1.807, 2.05) is 30.3 Å². The summed E-state index contributed by atoms with van der Waals surface area (Å²) in [5.41, 5.74) is 0.686. The molecule has 1 aromatic rings. The number of aliphatic hydroxyl groups is 1. The van der Waals surface area contributed by atoms with E-state index in [0.29, 0.717) is 0 Å². The molecule has 9 heteroatoms. The number of carbonyl (C=O) groups excluding carboxylic acids is 2. The van der Waals surface area contributed by atoms with E-state index in [4.69, 9.17) is 0 Å². The van der Waals surface area contributed by atoms with Gasteiger partial charge in [0.05, 0.1) is 12.5 Å². The molecule has 0 bridgehead atoms. The first-order valence-corrected chi connectivity index (χ1v) is 11.3. The van der Waals surface area contributed by atoms with Crippen LogP contribution in [0.5, 0.6) is 0 Å². The molecule has 3 N–H and O–H groups in total. The lowest BCUT2D eigenvalue weighted by atomic mass is 9.88. The first-order valence-electron chi connectivity index (χ1n) is 10.4. The third-order valence-corrected chi connectivity index (χ3v) is 6.82. The first kappa shape index (κ1) is 24.9. The number of carboxylic acid groups (broad SMARTS) is 1. The lowest BCUT2D eigenvalue weighted by Crippen LogP contribution is -2.62. The van der Waals surface area contributed by atoms with Crippen LogP contribution in [0.15, 0.2) is 41.6 Å². The summed E-state index contributed by atoms with van der Waals surface area (Å²) in [7, 11) is 0. The number of rotatable bonds is 7. The van der Waals surface area contributed by atoms with Crippen molar-refractivity contribution in [3.63, 3.8) is 0 Å². The second-order valence-electron chi connectivity index (χ2n) is 7.16. The van der Waals surface area contributed by atoms with Gasteiger partial charge in [-0.15, -0.1) is 11.8 Å². The van der Waals surface area contributed by atoms with Crippen molar-refractivity contribution in [1.82, 2.24) is 15.1 Å². The van der Waals surface area contributed by atoms with Gasteiger partial charge in [-0.05, 0) is 25.2 Å². The maximum atomic E-state index is 12.5. The van der Waals surface area contributed by atoms with E-state index >= 15 is 0 Å². The van der Waals surface area contributed by atoms with Gasteiger partial charge < -0.3 is 20.4 Å². The van der Waals surface area contributed by atoms with Crippen LogP contribution >= 0.6 is 11.8 Å². The Morgan fingerprint density at radius 3 is 2.13 bits per heavy atom.